The summed E-state index contributed by atoms with van der Waals surface area (Å²) in [6.45, 7) is 0.559. The van der Waals surface area contributed by atoms with Gasteiger partial charge in [-0.05, 0) is 24.1 Å². The zero-order valence-corrected chi connectivity index (χ0v) is 11.3. The number of hydrogen-bond acceptors (Lipinski definition) is 4. The summed E-state index contributed by atoms with van der Waals surface area (Å²) in [6.07, 6.45) is 0.687. The first-order chi connectivity index (χ1) is 9.16. The summed E-state index contributed by atoms with van der Waals surface area (Å²) in [7, 11) is 0. The van der Waals surface area contributed by atoms with Crippen LogP contribution in [0.5, 0.6) is 0 Å². The first-order valence-corrected chi connectivity index (χ1v) is 7.30. The molecule has 2 amide bonds. The molecule has 4 N–H and O–H groups in total. The molecule has 1 aromatic carbocycles. The van der Waals surface area contributed by atoms with E-state index in [1.54, 1.807) is 30.0 Å². The first kappa shape index (κ1) is 13.9. The molecule has 0 aromatic heterocycles. The molecule has 1 aromatic rings. The van der Waals surface area contributed by atoms with Gasteiger partial charge in [-0.3, -0.25) is 14.9 Å². The van der Waals surface area contributed by atoms with Crippen molar-refractivity contribution in [1.29, 1.82) is 0 Å². The fraction of sp³-hybridized carbons (Fsp3) is 0.385. The number of nitrogens with one attached hydrogen (secondary N) is 2. The summed E-state index contributed by atoms with van der Waals surface area (Å²) >= 11 is 1.72. The van der Waals surface area contributed by atoms with Crippen LogP contribution >= 0.6 is 11.8 Å². The van der Waals surface area contributed by atoms with Gasteiger partial charge < -0.3 is 11.1 Å². The molecule has 1 fully saturated rings. The van der Waals surface area contributed by atoms with Crippen LogP contribution < -0.4 is 16.4 Å². The molecule has 102 valence electrons. The zero-order valence-electron chi connectivity index (χ0n) is 10.5. The number of nitrogens with two attached hydrogens (primary N) is 1. The Hall–Kier alpha value is -1.53. The van der Waals surface area contributed by atoms with Crippen molar-refractivity contribution in [3.05, 3.63) is 35.4 Å². The van der Waals surface area contributed by atoms with Crippen molar-refractivity contribution < 1.29 is 9.59 Å². The molecular formula is C13H17N3O2S. The minimum atomic E-state index is -0.432. The van der Waals surface area contributed by atoms with E-state index in [4.69, 9.17) is 5.73 Å². The molecule has 5 nitrogen and oxygen atoms in total. The third-order valence-corrected chi connectivity index (χ3v) is 3.90. The molecule has 2 rings (SSSR count). The van der Waals surface area contributed by atoms with Crippen molar-refractivity contribution in [2.45, 2.75) is 12.5 Å². The van der Waals surface area contributed by atoms with Crippen LogP contribution in [0, 0.1) is 0 Å². The van der Waals surface area contributed by atoms with Crippen molar-refractivity contribution in [1.82, 2.24) is 10.6 Å². The molecule has 0 saturated carbocycles. The Bertz CT molecular complexity index is 473. The van der Waals surface area contributed by atoms with Crippen molar-refractivity contribution in [3.63, 3.8) is 0 Å². The Balaban J connectivity index is 1.80. The van der Waals surface area contributed by atoms with Crippen LogP contribution in [0.1, 0.15) is 15.9 Å². The number of carbonyl (C=O) groups excluding carboxylic acids is 2. The molecule has 6 heteroatoms. The smallest absolute Gasteiger partial charge is 0.248 e. The van der Waals surface area contributed by atoms with Gasteiger partial charge in [-0.2, -0.15) is 0 Å². The number of rotatable bonds is 5. The molecule has 0 bridgehead atoms. The van der Waals surface area contributed by atoms with Gasteiger partial charge in [0.05, 0.1) is 6.04 Å². The van der Waals surface area contributed by atoms with E-state index < -0.39 is 5.91 Å². The van der Waals surface area contributed by atoms with E-state index >= 15 is 0 Å². The first-order valence-electron chi connectivity index (χ1n) is 6.14. The number of carbonyl (C=O) groups is 2. The predicted octanol–water partition coefficient (Wildman–Crippen LogP) is 0.107. The lowest BCUT2D eigenvalue weighted by Crippen LogP contribution is -2.42. The van der Waals surface area contributed by atoms with Gasteiger partial charge in [0.1, 0.15) is 0 Å². The van der Waals surface area contributed by atoms with Gasteiger partial charge in [0, 0.05) is 23.7 Å². The normalized spacial score (nSPS) is 18.2. The monoisotopic (exact) mass is 279 g/mol. The van der Waals surface area contributed by atoms with Crippen LogP contribution in [0.4, 0.5) is 0 Å². The van der Waals surface area contributed by atoms with Gasteiger partial charge in [-0.1, -0.05) is 12.1 Å². The highest BCUT2D eigenvalue weighted by atomic mass is 32.2. The third kappa shape index (κ3) is 3.97. The summed E-state index contributed by atoms with van der Waals surface area (Å²) in [6, 6.07) is 7.08. The van der Waals surface area contributed by atoms with E-state index in [1.807, 2.05) is 6.07 Å². The number of primary amides is 1. The Morgan fingerprint density at radius 3 is 3.00 bits per heavy atom. The van der Waals surface area contributed by atoms with Crippen molar-refractivity contribution in [2.24, 2.45) is 5.73 Å². The summed E-state index contributed by atoms with van der Waals surface area (Å²) < 4.78 is 0. The van der Waals surface area contributed by atoms with Crippen LogP contribution in [-0.2, 0) is 11.2 Å². The van der Waals surface area contributed by atoms with Crippen molar-refractivity contribution in [2.75, 3.05) is 18.2 Å². The molecule has 0 aliphatic carbocycles. The second kappa shape index (κ2) is 6.58. The van der Waals surface area contributed by atoms with E-state index in [1.165, 1.54) is 0 Å². The topological polar surface area (TPSA) is 84.2 Å². The number of hydrogen-bond donors (Lipinski definition) is 3. The van der Waals surface area contributed by atoms with Crippen molar-refractivity contribution in [3.8, 4) is 0 Å². The summed E-state index contributed by atoms with van der Waals surface area (Å²) in [5.41, 5.74) is 6.71. The molecule has 1 unspecified atom stereocenters. The molecular weight excluding hydrogens is 262 g/mol. The fourth-order valence-electron chi connectivity index (χ4n) is 1.90. The van der Waals surface area contributed by atoms with E-state index in [0.29, 0.717) is 18.5 Å². The number of amides is 2. The Kier molecular flexibility index (Phi) is 4.81. The van der Waals surface area contributed by atoms with E-state index in [2.05, 4.69) is 10.6 Å². The SMILES string of the molecule is NC(=O)c1cccc(CCNC(=O)C2CSCN2)c1. The molecule has 1 heterocycles. The molecule has 19 heavy (non-hydrogen) atoms. The van der Waals surface area contributed by atoms with Crippen LogP contribution in [0.2, 0.25) is 0 Å². The minimum absolute atomic E-state index is 0.0380. The highest BCUT2D eigenvalue weighted by Gasteiger charge is 2.21. The summed E-state index contributed by atoms with van der Waals surface area (Å²) in [5, 5.41) is 6.01. The van der Waals surface area contributed by atoms with E-state index in [0.717, 1.165) is 17.2 Å². The minimum Gasteiger partial charge on any atom is -0.366 e. The quantitative estimate of drug-likeness (QED) is 0.714. The molecule has 1 atom stereocenters. The summed E-state index contributed by atoms with van der Waals surface area (Å²) in [4.78, 5) is 22.8. The lowest BCUT2D eigenvalue weighted by Gasteiger charge is -2.10. The van der Waals surface area contributed by atoms with Crippen LogP contribution in [-0.4, -0.2) is 36.0 Å². The second-order valence-corrected chi connectivity index (χ2v) is 5.41. The van der Waals surface area contributed by atoms with E-state index in [-0.39, 0.29) is 11.9 Å². The molecule has 1 aliphatic rings. The standard InChI is InChI=1S/C13H17N3O2S/c14-12(17)10-3-1-2-9(6-10)4-5-15-13(18)11-7-19-8-16-11/h1-3,6,11,16H,4-5,7-8H2,(H2,14,17)(H,15,18). The van der Waals surface area contributed by atoms with Gasteiger partial charge in [-0.25, -0.2) is 0 Å². The predicted molar refractivity (Wildman–Crippen MR) is 75.9 cm³/mol. The Morgan fingerprint density at radius 2 is 2.32 bits per heavy atom. The maximum Gasteiger partial charge on any atom is 0.248 e. The highest BCUT2D eigenvalue weighted by molar-refractivity contribution is 7.99. The van der Waals surface area contributed by atoms with Crippen molar-refractivity contribution >= 4 is 23.6 Å². The summed E-state index contributed by atoms with van der Waals surface area (Å²) in [5.74, 6) is 1.26. The van der Waals surface area contributed by atoms with Crippen LogP contribution in [0.15, 0.2) is 24.3 Å². The molecule has 0 spiro atoms. The van der Waals surface area contributed by atoms with Gasteiger partial charge in [0.2, 0.25) is 11.8 Å². The number of benzene rings is 1. The molecule has 1 saturated heterocycles. The molecule has 1 aliphatic heterocycles. The van der Waals surface area contributed by atoms with Gasteiger partial charge in [0.25, 0.3) is 0 Å². The number of thioether (sulfide) groups is 1. The van der Waals surface area contributed by atoms with Gasteiger partial charge >= 0.3 is 0 Å². The zero-order chi connectivity index (χ0) is 13.7. The average molecular weight is 279 g/mol. The maximum atomic E-state index is 11.7. The highest BCUT2D eigenvalue weighted by Crippen LogP contribution is 2.09. The maximum absolute atomic E-state index is 11.7. The third-order valence-electron chi connectivity index (χ3n) is 2.96. The van der Waals surface area contributed by atoms with Gasteiger partial charge in [-0.15, -0.1) is 11.8 Å². The lowest BCUT2D eigenvalue weighted by molar-refractivity contribution is -0.122. The average Bonchev–Trinajstić information content (AvgIpc) is 2.93. The van der Waals surface area contributed by atoms with E-state index in [9.17, 15) is 9.59 Å². The van der Waals surface area contributed by atoms with Crippen LogP contribution in [0.25, 0.3) is 0 Å². The van der Waals surface area contributed by atoms with Gasteiger partial charge in [0.15, 0.2) is 0 Å². The lowest BCUT2D eigenvalue weighted by atomic mass is 10.1. The fourth-order valence-corrected chi connectivity index (χ4v) is 2.84. The second-order valence-electron chi connectivity index (χ2n) is 4.38. The van der Waals surface area contributed by atoms with Crippen LogP contribution in [0.3, 0.4) is 0 Å². The Labute approximate surface area is 116 Å². The molecule has 0 radical (unpaired) electrons. The Morgan fingerprint density at radius 1 is 1.47 bits per heavy atom. The largest absolute Gasteiger partial charge is 0.366 e.